The SMILES string of the molecule is CCOC(=O)CCc1ccc2c(c1)CC(C)N(C(=O)O)C2C. The lowest BCUT2D eigenvalue weighted by Crippen LogP contribution is -2.44. The maximum absolute atomic E-state index is 11.4. The van der Waals surface area contributed by atoms with Crippen LogP contribution in [0, 0.1) is 0 Å². The second kappa shape index (κ2) is 6.81. The Morgan fingerprint density at radius 1 is 1.36 bits per heavy atom. The summed E-state index contributed by atoms with van der Waals surface area (Å²) in [5, 5.41) is 9.33. The number of carbonyl (C=O) groups excluding carboxylic acids is 1. The molecule has 2 rings (SSSR count). The molecule has 22 heavy (non-hydrogen) atoms. The maximum Gasteiger partial charge on any atom is 0.408 e. The maximum atomic E-state index is 11.4. The zero-order valence-corrected chi connectivity index (χ0v) is 13.3. The number of benzene rings is 1. The lowest BCUT2D eigenvalue weighted by Gasteiger charge is -2.38. The van der Waals surface area contributed by atoms with Crippen LogP contribution in [0.4, 0.5) is 4.79 Å². The van der Waals surface area contributed by atoms with Gasteiger partial charge in [-0.1, -0.05) is 18.2 Å². The summed E-state index contributed by atoms with van der Waals surface area (Å²) in [5.74, 6) is -0.181. The van der Waals surface area contributed by atoms with Crippen molar-refractivity contribution in [3.63, 3.8) is 0 Å². The number of ether oxygens (including phenoxy) is 1. The van der Waals surface area contributed by atoms with Gasteiger partial charge in [-0.05, 0) is 50.3 Å². The number of nitrogens with zero attached hydrogens (tertiary/aromatic N) is 1. The van der Waals surface area contributed by atoms with Crippen molar-refractivity contribution in [1.82, 2.24) is 4.90 Å². The highest BCUT2D eigenvalue weighted by Gasteiger charge is 2.32. The third-order valence-electron chi connectivity index (χ3n) is 4.21. The van der Waals surface area contributed by atoms with Gasteiger partial charge in [-0.15, -0.1) is 0 Å². The summed E-state index contributed by atoms with van der Waals surface area (Å²) in [6.07, 6.45) is 0.854. The van der Waals surface area contributed by atoms with Gasteiger partial charge in [-0.3, -0.25) is 9.69 Å². The fourth-order valence-electron chi connectivity index (χ4n) is 3.18. The van der Waals surface area contributed by atoms with Crippen LogP contribution >= 0.6 is 0 Å². The quantitative estimate of drug-likeness (QED) is 0.868. The predicted octanol–water partition coefficient (Wildman–Crippen LogP) is 3.17. The number of aryl methyl sites for hydroxylation is 1. The van der Waals surface area contributed by atoms with Gasteiger partial charge in [0.2, 0.25) is 0 Å². The Bertz CT molecular complexity index is 570. The van der Waals surface area contributed by atoms with E-state index in [9.17, 15) is 14.7 Å². The molecule has 1 heterocycles. The van der Waals surface area contributed by atoms with Crippen LogP contribution in [-0.2, 0) is 22.4 Å². The molecule has 0 spiro atoms. The molecule has 1 aliphatic rings. The van der Waals surface area contributed by atoms with E-state index in [0.29, 0.717) is 25.9 Å². The number of amides is 1. The van der Waals surface area contributed by atoms with Crippen molar-refractivity contribution in [2.45, 2.75) is 52.1 Å². The summed E-state index contributed by atoms with van der Waals surface area (Å²) >= 11 is 0. The fourth-order valence-corrected chi connectivity index (χ4v) is 3.18. The number of hydrogen-bond acceptors (Lipinski definition) is 3. The van der Waals surface area contributed by atoms with E-state index in [1.807, 2.05) is 26.0 Å². The summed E-state index contributed by atoms with van der Waals surface area (Å²) in [6.45, 7) is 6.05. The minimum Gasteiger partial charge on any atom is -0.466 e. The van der Waals surface area contributed by atoms with Gasteiger partial charge in [-0.2, -0.15) is 0 Å². The van der Waals surface area contributed by atoms with Gasteiger partial charge in [0.25, 0.3) is 0 Å². The molecular weight excluding hydrogens is 282 g/mol. The van der Waals surface area contributed by atoms with E-state index < -0.39 is 6.09 Å². The van der Waals surface area contributed by atoms with Crippen LogP contribution in [0.3, 0.4) is 0 Å². The van der Waals surface area contributed by atoms with E-state index in [0.717, 1.165) is 11.1 Å². The molecule has 0 aliphatic carbocycles. The molecule has 5 heteroatoms. The Labute approximate surface area is 130 Å². The molecule has 0 aromatic heterocycles. The number of fused-ring (bicyclic) bond motifs is 1. The number of carbonyl (C=O) groups is 2. The van der Waals surface area contributed by atoms with E-state index in [-0.39, 0.29) is 18.1 Å². The summed E-state index contributed by atoms with van der Waals surface area (Å²) < 4.78 is 4.94. The number of hydrogen-bond donors (Lipinski definition) is 1. The summed E-state index contributed by atoms with van der Waals surface area (Å²) in [4.78, 5) is 24.3. The van der Waals surface area contributed by atoms with E-state index in [4.69, 9.17) is 4.74 Å². The van der Waals surface area contributed by atoms with Crippen molar-refractivity contribution in [1.29, 1.82) is 0 Å². The Morgan fingerprint density at radius 2 is 2.09 bits per heavy atom. The first-order chi connectivity index (χ1) is 10.4. The molecule has 1 amide bonds. The van der Waals surface area contributed by atoms with Crippen molar-refractivity contribution in [3.8, 4) is 0 Å². The predicted molar refractivity (Wildman–Crippen MR) is 82.8 cm³/mol. The Balaban J connectivity index is 2.14. The molecule has 1 N–H and O–H groups in total. The van der Waals surface area contributed by atoms with Gasteiger partial charge in [0.05, 0.1) is 12.6 Å². The Morgan fingerprint density at radius 3 is 2.73 bits per heavy atom. The third-order valence-corrected chi connectivity index (χ3v) is 4.21. The zero-order valence-electron chi connectivity index (χ0n) is 13.3. The molecule has 0 fully saturated rings. The first-order valence-corrected chi connectivity index (χ1v) is 7.72. The van der Waals surface area contributed by atoms with E-state index in [1.54, 1.807) is 6.92 Å². The average molecular weight is 305 g/mol. The highest BCUT2D eigenvalue weighted by atomic mass is 16.5. The number of rotatable bonds is 4. The second-order valence-electron chi connectivity index (χ2n) is 5.76. The van der Waals surface area contributed by atoms with Gasteiger partial charge in [-0.25, -0.2) is 4.79 Å². The van der Waals surface area contributed by atoms with Gasteiger partial charge >= 0.3 is 12.1 Å². The van der Waals surface area contributed by atoms with Gasteiger partial charge in [0, 0.05) is 12.5 Å². The van der Waals surface area contributed by atoms with Crippen molar-refractivity contribution >= 4 is 12.1 Å². The molecule has 2 unspecified atom stereocenters. The third kappa shape index (κ3) is 3.40. The summed E-state index contributed by atoms with van der Waals surface area (Å²) in [6, 6.07) is 5.88. The molecule has 0 saturated heterocycles. The molecule has 120 valence electrons. The molecule has 1 aromatic rings. The average Bonchev–Trinajstić information content (AvgIpc) is 2.44. The highest BCUT2D eigenvalue weighted by Crippen LogP contribution is 2.33. The molecular formula is C17H23NO4. The standard InChI is InChI=1S/C17H23NO4/c1-4-22-16(19)8-6-13-5-7-15-12(3)18(17(20)21)11(2)9-14(15)10-13/h5,7,10-12H,4,6,8-9H2,1-3H3,(H,20,21). The molecule has 0 radical (unpaired) electrons. The summed E-state index contributed by atoms with van der Waals surface area (Å²) in [7, 11) is 0. The lowest BCUT2D eigenvalue weighted by molar-refractivity contribution is -0.143. The van der Waals surface area contributed by atoms with Gasteiger partial charge < -0.3 is 9.84 Å². The van der Waals surface area contributed by atoms with Crippen LogP contribution in [0.1, 0.15) is 49.9 Å². The molecule has 1 aromatic carbocycles. The molecule has 5 nitrogen and oxygen atoms in total. The number of carboxylic acid groups (broad SMARTS) is 1. The summed E-state index contributed by atoms with van der Waals surface area (Å²) in [5.41, 5.74) is 3.33. The lowest BCUT2D eigenvalue weighted by atomic mass is 9.88. The minimum atomic E-state index is -0.878. The van der Waals surface area contributed by atoms with Gasteiger partial charge in [0.15, 0.2) is 0 Å². The molecule has 2 atom stereocenters. The zero-order chi connectivity index (χ0) is 16.3. The fraction of sp³-hybridized carbons (Fsp3) is 0.529. The van der Waals surface area contributed by atoms with Crippen LogP contribution in [0.2, 0.25) is 0 Å². The van der Waals surface area contributed by atoms with Gasteiger partial charge in [0.1, 0.15) is 0 Å². The second-order valence-corrected chi connectivity index (χ2v) is 5.76. The topological polar surface area (TPSA) is 66.8 Å². The van der Waals surface area contributed by atoms with E-state index >= 15 is 0 Å². The normalized spacial score (nSPS) is 20.4. The number of esters is 1. The van der Waals surface area contributed by atoms with Crippen LogP contribution in [-0.4, -0.2) is 34.7 Å². The van der Waals surface area contributed by atoms with Crippen LogP contribution in [0.25, 0.3) is 0 Å². The first kappa shape index (κ1) is 16.3. The van der Waals surface area contributed by atoms with E-state index in [1.165, 1.54) is 10.5 Å². The minimum absolute atomic E-state index is 0.0414. The van der Waals surface area contributed by atoms with Crippen molar-refractivity contribution < 1.29 is 19.4 Å². The van der Waals surface area contributed by atoms with Crippen molar-refractivity contribution in [3.05, 3.63) is 34.9 Å². The van der Waals surface area contributed by atoms with Crippen molar-refractivity contribution in [2.24, 2.45) is 0 Å². The van der Waals surface area contributed by atoms with E-state index in [2.05, 4.69) is 6.07 Å². The van der Waals surface area contributed by atoms with Crippen LogP contribution < -0.4 is 0 Å². The smallest absolute Gasteiger partial charge is 0.408 e. The largest absolute Gasteiger partial charge is 0.466 e. The molecule has 1 aliphatic heterocycles. The van der Waals surface area contributed by atoms with Crippen LogP contribution in [0.5, 0.6) is 0 Å². The molecule has 0 bridgehead atoms. The monoisotopic (exact) mass is 305 g/mol. The Kier molecular flexibility index (Phi) is 5.06. The Hall–Kier alpha value is -2.04. The first-order valence-electron chi connectivity index (χ1n) is 7.72. The van der Waals surface area contributed by atoms with Crippen LogP contribution in [0.15, 0.2) is 18.2 Å². The highest BCUT2D eigenvalue weighted by molar-refractivity contribution is 5.69. The molecule has 0 saturated carbocycles. The van der Waals surface area contributed by atoms with Crippen molar-refractivity contribution in [2.75, 3.05) is 6.61 Å².